The summed E-state index contributed by atoms with van der Waals surface area (Å²) in [6.45, 7) is 8.18. The van der Waals surface area contributed by atoms with Crippen molar-refractivity contribution in [1.82, 2.24) is 10.2 Å². The highest BCUT2D eigenvalue weighted by Gasteiger charge is 2.35. The Balaban J connectivity index is 1.39. The van der Waals surface area contributed by atoms with E-state index in [2.05, 4.69) is 24.1 Å². The van der Waals surface area contributed by atoms with Gasteiger partial charge in [-0.05, 0) is 67.4 Å². The van der Waals surface area contributed by atoms with Crippen molar-refractivity contribution in [3.8, 4) is 11.1 Å². The second kappa shape index (κ2) is 9.14. The highest BCUT2D eigenvalue weighted by Crippen LogP contribution is 2.36. The van der Waals surface area contributed by atoms with Gasteiger partial charge in [0.25, 0.3) is 5.91 Å². The number of nitrogens with zero attached hydrogens (tertiary/aromatic N) is 1. The van der Waals surface area contributed by atoms with Crippen molar-refractivity contribution in [2.45, 2.75) is 33.1 Å². The summed E-state index contributed by atoms with van der Waals surface area (Å²) in [6, 6.07) is 15.4. The molecule has 1 amide bonds. The predicted octanol–water partition coefficient (Wildman–Crippen LogP) is 5.40. The number of furan rings is 1. The lowest BCUT2D eigenvalue weighted by Gasteiger charge is -2.44. The molecule has 1 aromatic heterocycles. The maximum Gasteiger partial charge on any atom is 0.251 e. The molecule has 4 heterocycles. The van der Waals surface area contributed by atoms with Gasteiger partial charge in [-0.15, -0.1) is 0 Å². The molecule has 3 aliphatic heterocycles. The van der Waals surface area contributed by atoms with Gasteiger partial charge in [-0.3, -0.25) is 9.59 Å². The number of hydrogen-bond donors (Lipinski definition) is 1. The number of ketones is 1. The zero-order valence-electron chi connectivity index (χ0n) is 19.5. The number of amides is 1. The van der Waals surface area contributed by atoms with E-state index in [0.29, 0.717) is 47.6 Å². The average Bonchev–Trinajstić information content (AvgIpc) is 3.28. The first kappa shape index (κ1) is 21.9. The fraction of sp³-hybridized carbons (Fsp3) is 0.429. The Morgan fingerprint density at radius 3 is 2.61 bits per heavy atom. The van der Waals surface area contributed by atoms with Gasteiger partial charge < -0.3 is 14.6 Å². The Morgan fingerprint density at radius 1 is 1.09 bits per heavy atom. The number of rotatable bonds is 7. The van der Waals surface area contributed by atoms with E-state index in [9.17, 15) is 9.59 Å². The summed E-state index contributed by atoms with van der Waals surface area (Å²) in [5.41, 5.74) is 3.13. The van der Waals surface area contributed by atoms with E-state index in [1.807, 2.05) is 48.5 Å². The zero-order chi connectivity index (χ0) is 22.9. The molecule has 1 N–H and O–H groups in total. The third-order valence-electron chi connectivity index (χ3n) is 7.16. The first-order valence-corrected chi connectivity index (χ1v) is 12.1. The van der Waals surface area contributed by atoms with Crippen molar-refractivity contribution >= 4 is 22.7 Å². The van der Waals surface area contributed by atoms with Crippen molar-refractivity contribution in [2.24, 2.45) is 17.8 Å². The maximum absolute atomic E-state index is 13.1. The molecule has 2 bridgehead atoms. The first-order chi connectivity index (χ1) is 16.0. The lowest BCUT2D eigenvalue weighted by molar-refractivity contribution is 0.0433. The molecule has 0 spiro atoms. The summed E-state index contributed by atoms with van der Waals surface area (Å²) in [6.07, 6.45) is 2.98. The van der Waals surface area contributed by atoms with Gasteiger partial charge in [-0.2, -0.15) is 0 Å². The number of hydrogen-bond acceptors (Lipinski definition) is 4. The molecule has 1 atom stereocenters. The van der Waals surface area contributed by atoms with Crippen molar-refractivity contribution in [3.63, 3.8) is 0 Å². The van der Waals surface area contributed by atoms with Gasteiger partial charge in [0.1, 0.15) is 5.58 Å². The van der Waals surface area contributed by atoms with Gasteiger partial charge in [-0.25, -0.2) is 0 Å². The lowest BCUT2D eigenvalue weighted by atomic mass is 9.76. The van der Waals surface area contributed by atoms with Crippen molar-refractivity contribution < 1.29 is 14.0 Å². The van der Waals surface area contributed by atoms with E-state index >= 15 is 0 Å². The average molecular weight is 445 g/mol. The minimum atomic E-state index is -0.0782. The highest BCUT2D eigenvalue weighted by atomic mass is 16.3. The molecule has 33 heavy (non-hydrogen) atoms. The van der Waals surface area contributed by atoms with Crippen LogP contribution in [0.25, 0.3) is 22.1 Å². The Bertz CT molecular complexity index is 1170. The van der Waals surface area contributed by atoms with Gasteiger partial charge in [0.2, 0.25) is 0 Å². The normalized spacial score (nSPS) is 22.1. The molecule has 3 aliphatic rings. The molecule has 6 rings (SSSR count). The van der Waals surface area contributed by atoms with Crippen LogP contribution in [0.1, 0.15) is 54.0 Å². The molecule has 2 aromatic carbocycles. The van der Waals surface area contributed by atoms with Crippen LogP contribution in [0.3, 0.4) is 0 Å². The summed E-state index contributed by atoms with van der Waals surface area (Å²) in [5.74, 6) is 1.96. The van der Waals surface area contributed by atoms with Crippen LogP contribution in [0.2, 0.25) is 0 Å². The molecule has 172 valence electrons. The van der Waals surface area contributed by atoms with Crippen molar-refractivity contribution in [2.75, 3.05) is 26.2 Å². The monoisotopic (exact) mass is 444 g/mol. The topological polar surface area (TPSA) is 62.6 Å². The third kappa shape index (κ3) is 4.60. The summed E-state index contributed by atoms with van der Waals surface area (Å²) in [4.78, 5) is 28.1. The molecule has 3 saturated heterocycles. The molecule has 5 heteroatoms. The van der Waals surface area contributed by atoms with Gasteiger partial charge in [0.15, 0.2) is 11.5 Å². The molecule has 3 fully saturated rings. The largest absolute Gasteiger partial charge is 0.452 e. The molecular formula is C28H32N2O3. The minimum Gasteiger partial charge on any atom is -0.452 e. The van der Waals surface area contributed by atoms with Crippen LogP contribution in [-0.2, 0) is 0 Å². The summed E-state index contributed by atoms with van der Waals surface area (Å²) < 4.78 is 6.15. The quantitative estimate of drug-likeness (QED) is 0.496. The SMILES string of the molecule is CC(C)CNC(=O)c1cccc(-c2cccc3cc(C(=O)C[C@@H]4CN5CCC4CC5)oc23)c1. The smallest absolute Gasteiger partial charge is 0.251 e. The number of piperidine rings is 3. The Hall–Kier alpha value is -2.92. The van der Waals surface area contributed by atoms with Crippen LogP contribution in [0, 0.1) is 17.8 Å². The van der Waals surface area contributed by atoms with Gasteiger partial charge in [0.05, 0.1) is 0 Å². The van der Waals surface area contributed by atoms with E-state index < -0.39 is 0 Å². The number of benzene rings is 2. The van der Waals surface area contributed by atoms with E-state index in [1.165, 1.54) is 25.9 Å². The lowest BCUT2D eigenvalue weighted by Crippen LogP contribution is -2.47. The summed E-state index contributed by atoms with van der Waals surface area (Å²) in [7, 11) is 0. The van der Waals surface area contributed by atoms with Gasteiger partial charge >= 0.3 is 0 Å². The third-order valence-corrected chi connectivity index (χ3v) is 7.16. The number of carbonyl (C=O) groups excluding carboxylic acids is 2. The molecule has 5 nitrogen and oxygen atoms in total. The number of carbonyl (C=O) groups is 2. The van der Waals surface area contributed by atoms with E-state index in [1.54, 1.807) is 0 Å². The van der Waals surface area contributed by atoms with E-state index in [-0.39, 0.29) is 11.7 Å². The van der Waals surface area contributed by atoms with Crippen LogP contribution in [0.4, 0.5) is 0 Å². The Labute approximate surface area is 195 Å². The molecule has 0 unspecified atom stereocenters. The number of Topliss-reactive ketones (excluding diaryl/α,β-unsaturated/α-hetero) is 1. The second-order valence-corrected chi connectivity index (χ2v) is 10.0. The number of fused-ring (bicyclic) bond motifs is 4. The highest BCUT2D eigenvalue weighted by molar-refractivity contribution is 6.02. The fourth-order valence-electron chi connectivity index (χ4n) is 5.31. The molecule has 0 saturated carbocycles. The van der Waals surface area contributed by atoms with Crippen molar-refractivity contribution in [3.05, 3.63) is 59.9 Å². The van der Waals surface area contributed by atoms with Crippen LogP contribution in [0.15, 0.2) is 52.9 Å². The van der Waals surface area contributed by atoms with Crippen LogP contribution in [-0.4, -0.2) is 42.8 Å². The Morgan fingerprint density at radius 2 is 1.88 bits per heavy atom. The standard InChI is InChI=1S/C28H32N2O3/c1-18(2)16-29-28(32)22-7-3-5-20(13-22)24-8-4-6-21-15-26(33-27(21)24)25(31)14-23-17-30-11-9-19(23)10-12-30/h3-8,13,15,18-19,23H,9-12,14,16-17H2,1-2H3,(H,29,32)/t23-/m1/s1. The molecule has 3 aromatic rings. The van der Waals surface area contributed by atoms with Crippen LogP contribution in [0.5, 0.6) is 0 Å². The van der Waals surface area contributed by atoms with Crippen molar-refractivity contribution in [1.29, 1.82) is 0 Å². The predicted molar refractivity (Wildman–Crippen MR) is 130 cm³/mol. The zero-order valence-corrected chi connectivity index (χ0v) is 19.5. The molecule has 0 radical (unpaired) electrons. The fourth-order valence-corrected chi connectivity index (χ4v) is 5.31. The van der Waals surface area contributed by atoms with Gasteiger partial charge in [0, 0.05) is 36.0 Å². The van der Waals surface area contributed by atoms with E-state index in [4.69, 9.17) is 4.42 Å². The molecule has 0 aliphatic carbocycles. The van der Waals surface area contributed by atoms with E-state index in [0.717, 1.165) is 23.1 Å². The maximum atomic E-state index is 13.1. The van der Waals surface area contributed by atoms with Gasteiger partial charge in [-0.1, -0.05) is 44.2 Å². The second-order valence-electron chi connectivity index (χ2n) is 10.0. The summed E-state index contributed by atoms with van der Waals surface area (Å²) >= 11 is 0. The first-order valence-electron chi connectivity index (χ1n) is 12.1. The van der Waals surface area contributed by atoms with Crippen LogP contribution >= 0.6 is 0 Å². The minimum absolute atomic E-state index is 0.0782. The van der Waals surface area contributed by atoms with Crippen LogP contribution < -0.4 is 5.32 Å². The number of para-hydroxylation sites is 1. The number of nitrogens with one attached hydrogen (secondary N) is 1. The Kier molecular flexibility index (Phi) is 6.07. The summed E-state index contributed by atoms with van der Waals surface area (Å²) in [5, 5.41) is 3.89. The molecular weight excluding hydrogens is 412 g/mol.